The van der Waals surface area contributed by atoms with Crippen LogP contribution in [0, 0.1) is 23.2 Å². The summed E-state index contributed by atoms with van der Waals surface area (Å²) in [7, 11) is 0. The molecule has 0 spiro atoms. The van der Waals surface area contributed by atoms with Gasteiger partial charge in [-0.1, -0.05) is 19.1 Å². The first-order chi connectivity index (χ1) is 10.3. The standard InChI is InChI=1S/C18H22N2O/c1-13-6-2-3-8-15(13)12-21-18-16(11-19)10-14-7-4-5-9-17(14)20-18/h2-3,10,13,15H,4-9,12H2,1H3. The van der Waals surface area contributed by atoms with Gasteiger partial charge in [0.25, 0.3) is 0 Å². The van der Waals surface area contributed by atoms with Crippen LogP contribution in [0.5, 0.6) is 5.88 Å². The third-order valence-electron chi connectivity index (χ3n) is 4.74. The topological polar surface area (TPSA) is 45.9 Å². The largest absolute Gasteiger partial charge is 0.476 e. The van der Waals surface area contributed by atoms with Crippen molar-refractivity contribution in [1.82, 2.24) is 4.98 Å². The number of nitriles is 1. The number of hydrogen-bond donors (Lipinski definition) is 0. The fourth-order valence-electron chi connectivity index (χ4n) is 3.23. The highest BCUT2D eigenvalue weighted by molar-refractivity contribution is 5.43. The van der Waals surface area contributed by atoms with Gasteiger partial charge in [-0.25, -0.2) is 4.98 Å². The fourth-order valence-corrected chi connectivity index (χ4v) is 3.23. The average Bonchev–Trinajstić information content (AvgIpc) is 2.53. The Hall–Kier alpha value is -1.82. The number of nitrogens with zero attached hydrogens (tertiary/aromatic N) is 2. The molecule has 2 aliphatic carbocycles. The van der Waals surface area contributed by atoms with Gasteiger partial charge >= 0.3 is 0 Å². The number of rotatable bonds is 3. The lowest BCUT2D eigenvalue weighted by atomic mass is 9.85. The predicted molar refractivity (Wildman–Crippen MR) is 82.1 cm³/mol. The maximum atomic E-state index is 9.33. The molecule has 0 aromatic carbocycles. The van der Waals surface area contributed by atoms with E-state index in [1.807, 2.05) is 6.07 Å². The molecule has 2 aliphatic rings. The molecule has 3 rings (SSSR count). The quantitative estimate of drug-likeness (QED) is 0.792. The number of pyridine rings is 1. The Balaban J connectivity index is 1.75. The summed E-state index contributed by atoms with van der Waals surface area (Å²) in [6.07, 6.45) is 11.1. The van der Waals surface area contributed by atoms with Crippen LogP contribution in [0.1, 0.15) is 49.4 Å². The Morgan fingerprint density at radius 1 is 1.29 bits per heavy atom. The highest BCUT2D eigenvalue weighted by Crippen LogP contribution is 2.28. The third kappa shape index (κ3) is 3.10. The highest BCUT2D eigenvalue weighted by atomic mass is 16.5. The molecule has 0 radical (unpaired) electrons. The number of fused-ring (bicyclic) bond motifs is 1. The van der Waals surface area contributed by atoms with Crippen LogP contribution in [0.2, 0.25) is 0 Å². The molecule has 2 unspecified atom stereocenters. The molecule has 110 valence electrons. The molecular formula is C18H22N2O. The Morgan fingerprint density at radius 3 is 2.90 bits per heavy atom. The first kappa shape index (κ1) is 14.1. The van der Waals surface area contributed by atoms with Crippen LogP contribution in [-0.2, 0) is 12.8 Å². The van der Waals surface area contributed by atoms with E-state index in [1.165, 1.54) is 18.4 Å². The number of ether oxygens (including phenoxy) is 1. The normalized spacial score (nSPS) is 24.2. The summed E-state index contributed by atoms with van der Waals surface area (Å²) in [4.78, 5) is 4.63. The van der Waals surface area contributed by atoms with Gasteiger partial charge in [0, 0.05) is 5.69 Å². The highest BCUT2D eigenvalue weighted by Gasteiger charge is 2.21. The van der Waals surface area contributed by atoms with Gasteiger partial charge in [0.2, 0.25) is 5.88 Å². The smallest absolute Gasteiger partial charge is 0.231 e. The second-order valence-corrected chi connectivity index (χ2v) is 6.26. The van der Waals surface area contributed by atoms with E-state index < -0.39 is 0 Å². The van der Waals surface area contributed by atoms with Crippen molar-refractivity contribution in [2.75, 3.05) is 6.61 Å². The Labute approximate surface area is 126 Å². The average molecular weight is 282 g/mol. The minimum absolute atomic E-state index is 0.527. The van der Waals surface area contributed by atoms with Crippen LogP contribution in [0.3, 0.4) is 0 Å². The monoisotopic (exact) mass is 282 g/mol. The molecule has 0 N–H and O–H groups in total. The van der Waals surface area contributed by atoms with Crippen molar-refractivity contribution in [2.24, 2.45) is 11.8 Å². The van der Waals surface area contributed by atoms with Crippen LogP contribution in [0.4, 0.5) is 0 Å². The fraction of sp³-hybridized carbons (Fsp3) is 0.556. The minimum Gasteiger partial charge on any atom is -0.476 e. The number of hydrogen-bond acceptors (Lipinski definition) is 3. The van der Waals surface area contributed by atoms with E-state index in [1.54, 1.807) is 0 Å². The maximum Gasteiger partial charge on any atom is 0.231 e. The number of allylic oxidation sites excluding steroid dienone is 2. The van der Waals surface area contributed by atoms with Crippen molar-refractivity contribution >= 4 is 0 Å². The molecule has 0 fully saturated rings. The maximum absolute atomic E-state index is 9.33. The van der Waals surface area contributed by atoms with Crippen molar-refractivity contribution in [3.63, 3.8) is 0 Å². The SMILES string of the molecule is CC1CC=CCC1COc1nc2c(cc1C#N)CCCC2. The Morgan fingerprint density at radius 2 is 2.10 bits per heavy atom. The summed E-state index contributed by atoms with van der Waals surface area (Å²) in [6.45, 7) is 2.93. The number of aromatic nitrogens is 1. The van der Waals surface area contributed by atoms with Crippen molar-refractivity contribution in [3.8, 4) is 11.9 Å². The zero-order valence-corrected chi connectivity index (χ0v) is 12.6. The Kier molecular flexibility index (Phi) is 4.24. The summed E-state index contributed by atoms with van der Waals surface area (Å²) in [5.41, 5.74) is 2.96. The van der Waals surface area contributed by atoms with E-state index in [2.05, 4.69) is 30.1 Å². The second kappa shape index (κ2) is 6.30. The molecule has 0 bridgehead atoms. The number of aryl methyl sites for hydroxylation is 2. The second-order valence-electron chi connectivity index (χ2n) is 6.26. The molecule has 21 heavy (non-hydrogen) atoms. The molecule has 0 saturated heterocycles. The molecule has 2 atom stereocenters. The van der Waals surface area contributed by atoms with E-state index in [0.29, 0.717) is 29.9 Å². The molecule has 1 aromatic heterocycles. The van der Waals surface area contributed by atoms with E-state index in [-0.39, 0.29) is 0 Å². The summed E-state index contributed by atoms with van der Waals surface area (Å²) < 4.78 is 5.94. The van der Waals surface area contributed by atoms with Gasteiger partial charge in [0.05, 0.1) is 6.61 Å². The van der Waals surface area contributed by atoms with Crippen molar-refractivity contribution in [1.29, 1.82) is 5.26 Å². The molecule has 3 heteroatoms. The lowest BCUT2D eigenvalue weighted by Crippen LogP contribution is -2.22. The van der Waals surface area contributed by atoms with Gasteiger partial charge in [0.1, 0.15) is 11.6 Å². The summed E-state index contributed by atoms with van der Waals surface area (Å²) >= 11 is 0. The van der Waals surface area contributed by atoms with Gasteiger partial charge in [-0.2, -0.15) is 5.26 Å². The van der Waals surface area contributed by atoms with Crippen molar-refractivity contribution < 1.29 is 4.74 Å². The first-order valence-corrected chi connectivity index (χ1v) is 7.98. The summed E-state index contributed by atoms with van der Waals surface area (Å²) in [5, 5.41) is 9.33. The lowest BCUT2D eigenvalue weighted by molar-refractivity contribution is 0.192. The molecule has 0 aliphatic heterocycles. The van der Waals surface area contributed by atoms with Gasteiger partial charge in [-0.05, 0) is 62.0 Å². The molecule has 0 saturated carbocycles. The van der Waals surface area contributed by atoms with Gasteiger partial charge < -0.3 is 4.74 Å². The third-order valence-corrected chi connectivity index (χ3v) is 4.74. The van der Waals surface area contributed by atoms with Crippen LogP contribution in [-0.4, -0.2) is 11.6 Å². The van der Waals surface area contributed by atoms with Crippen molar-refractivity contribution in [3.05, 3.63) is 35.0 Å². The summed E-state index contributed by atoms with van der Waals surface area (Å²) in [5.74, 6) is 1.71. The van der Waals surface area contributed by atoms with Gasteiger partial charge in [-0.15, -0.1) is 0 Å². The van der Waals surface area contributed by atoms with E-state index >= 15 is 0 Å². The molecule has 1 aromatic rings. The van der Waals surface area contributed by atoms with Crippen LogP contribution in [0.25, 0.3) is 0 Å². The molecule has 1 heterocycles. The van der Waals surface area contributed by atoms with Crippen LogP contribution in [0.15, 0.2) is 18.2 Å². The zero-order chi connectivity index (χ0) is 14.7. The van der Waals surface area contributed by atoms with Gasteiger partial charge in [-0.3, -0.25) is 0 Å². The minimum atomic E-state index is 0.527. The van der Waals surface area contributed by atoms with Crippen molar-refractivity contribution in [2.45, 2.75) is 45.4 Å². The molecule has 3 nitrogen and oxygen atoms in total. The lowest BCUT2D eigenvalue weighted by Gasteiger charge is -2.25. The Bertz CT molecular complexity index is 586. The van der Waals surface area contributed by atoms with E-state index in [4.69, 9.17) is 4.74 Å². The van der Waals surface area contributed by atoms with E-state index in [0.717, 1.165) is 31.4 Å². The zero-order valence-electron chi connectivity index (χ0n) is 12.6. The van der Waals surface area contributed by atoms with E-state index in [9.17, 15) is 5.26 Å². The van der Waals surface area contributed by atoms with Crippen LogP contribution < -0.4 is 4.74 Å². The van der Waals surface area contributed by atoms with Gasteiger partial charge in [0.15, 0.2) is 0 Å². The molecule has 0 amide bonds. The first-order valence-electron chi connectivity index (χ1n) is 7.98. The summed E-state index contributed by atoms with van der Waals surface area (Å²) in [6, 6.07) is 4.23. The molecular weight excluding hydrogens is 260 g/mol. The van der Waals surface area contributed by atoms with Crippen LogP contribution >= 0.6 is 0 Å². The predicted octanol–water partition coefficient (Wildman–Crippen LogP) is 3.81.